The van der Waals surface area contributed by atoms with Crippen LogP contribution in [-0.2, 0) is 6.54 Å². The quantitative estimate of drug-likeness (QED) is 0.847. The second-order valence-electron chi connectivity index (χ2n) is 6.46. The van der Waals surface area contributed by atoms with Crippen LogP contribution in [0.2, 0.25) is 0 Å². The molecule has 0 N–H and O–H groups in total. The topological polar surface area (TPSA) is 34.5 Å². The molecule has 0 saturated carbocycles. The fourth-order valence-electron chi connectivity index (χ4n) is 3.86. The minimum atomic E-state index is 0.136. The van der Waals surface area contributed by atoms with Gasteiger partial charge < -0.3 is 14.2 Å². The maximum Gasteiger partial charge on any atom is 0.256 e. The third kappa shape index (κ3) is 2.81. The van der Waals surface area contributed by atoms with Crippen molar-refractivity contribution in [2.75, 3.05) is 13.7 Å². The van der Waals surface area contributed by atoms with Gasteiger partial charge in [0, 0.05) is 24.5 Å². The van der Waals surface area contributed by atoms with Crippen molar-refractivity contribution >= 4 is 5.91 Å². The first kappa shape index (κ1) is 16.6. The predicted molar refractivity (Wildman–Crippen MR) is 95.6 cm³/mol. The standard InChI is InChI=1S/C20H26N2O2/c1-5-21-14(2)12-18(15(21)3)20(23)22-11-7-10-19(22)16-8-6-9-17(13-16)24-4/h6,8-9,12-13,19H,5,7,10-11H2,1-4H3. The summed E-state index contributed by atoms with van der Waals surface area (Å²) in [6.07, 6.45) is 2.05. The Kier molecular flexibility index (Phi) is 4.65. The lowest BCUT2D eigenvalue weighted by Crippen LogP contribution is -2.30. The van der Waals surface area contributed by atoms with Crippen LogP contribution >= 0.6 is 0 Å². The van der Waals surface area contributed by atoms with E-state index >= 15 is 0 Å². The first-order chi connectivity index (χ1) is 11.6. The average molecular weight is 326 g/mol. The van der Waals surface area contributed by atoms with Gasteiger partial charge in [0.2, 0.25) is 0 Å². The van der Waals surface area contributed by atoms with Crippen LogP contribution in [0.15, 0.2) is 30.3 Å². The zero-order valence-electron chi connectivity index (χ0n) is 15.0. The number of hydrogen-bond acceptors (Lipinski definition) is 2. The summed E-state index contributed by atoms with van der Waals surface area (Å²) in [4.78, 5) is 15.2. The minimum absolute atomic E-state index is 0.136. The van der Waals surface area contributed by atoms with Gasteiger partial charge in [0.1, 0.15) is 5.75 Å². The summed E-state index contributed by atoms with van der Waals surface area (Å²) in [5.74, 6) is 0.990. The van der Waals surface area contributed by atoms with Gasteiger partial charge in [-0.15, -0.1) is 0 Å². The number of amides is 1. The zero-order chi connectivity index (χ0) is 17.3. The SMILES string of the molecule is CCn1c(C)cc(C(=O)N2CCCC2c2cccc(OC)c2)c1C. The molecule has 2 aromatic rings. The first-order valence-corrected chi connectivity index (χ1v) is 8.68. The van der Waals surface area contributed by atoms with Crippen LogP contribution in [0.4, 0.5) is 0 Å². The van der Waals surface area contributed by atoms with Crippen molar-refractivity contribution < 1.29 is 9.53 Å². The summed E-state index contributed by atoms with van der Waals surface area (Å²) in [6.45, 7) is 7.93. The molecule has 24 heavy (non-hydrogen) atoms. The lowest BCUT2D eigenvalue weighted by molar-refractivity contribution is 0.0734. The lowest BCUT2D eigenvalue weighted by Gasteiger charge is -2.25. The molecule has 1 saturated heterocycles. The Morgan fingerprint density at radius 2 is 2.08 bits per heavy atom. The molecule has 3 rings (SSSR count). The van der Waals surface area contributed by atoms with E-state index in [1.54, 1.807) is 7.11 Å². The molecule has 1 unspecified atom stereocenters. The van der Waals surface area contributed by atoms with Gasteiger partial charge in [0.05, 0.1) is 18.7 Å². The molecule has 2 heterocycles. The molecule has 1 amide bonds. The number of likely N-dealkylation sites (tertiary alicyclic amines) is 1. The smallest absolute Gasteiger partial charge is 0.256 e. The van der Waals surface area contributed by atoms with Gasteiger partial charge in [-0.05, 0) is 57.4 Å². The molecule has 0 radical (unpaired) electrons. The number of ether oxygens (including phenoxy) is 1. The minimum Gasteiger partial charge on any atom is -0.497 e. The van der Waals surface area contributed by atoms with Crippen molar-refractivity contribution in [2.45, 2.75) is 46.2 Å². The molecule has 1 aliphatic heterocycles. The molecule has 1 fully saturated rings. The molecule has 0 spiro atoms. The normalized spacial score (nSPS) is 17.3. The van der Waals surface area contributed by atoms with E-state index in [0.717, 1.165) is 54.2 Å². The summed E-state index contributed by atoms with van der Waals surface area (Å²) in [5.41, 5.74) is 4.21. The predicted octanol–water partition coefficient (Wildman–Crippen LogP) is 4.11. The molecule has 4 heteroatoms. The Labute approximate surface area is 144 Å². The highest BCUT2D eigenvalue weighted by Gasteiger charge is 2.32. The van der Waals surface area contributed by atoms with Gasteiger partial charge >= 0.3 is 0 Å². The van der Waals surface area contributed by atoms with Crippen LogP contribution in [0.3, 0.4) is 0 Å². The number of methoxy groups -OCH3 is 1. The van der Waals surface area contributed by atoms with Crippen LogP contribution in [-0.4, -0.2) is 29.0 Å². The number of carbonyl (C=O) groups is 1. The van der Waals surface area contributed by atoms with E-state index in [2.05, 4.69) is 24.5 Å². The molecular formula is C20H26N2O2. The fourth-order valence-corrected chi connectivity index (χ4v) is 3.86. The van der Waals surface area contributed by atoms with Crippen molar-refractivity contribution in [1.82, 2.24) is 9.47 Å². The van der Waals surface area contributed by atoms with Gasteiger partial charge in [-0.25, -0.2) is 0 Å². The van der Waals surface area contributed by atoms with Crippen LogP contribution in [0, 0.1) is 13.8 Å². The summed E-state index contributed by atoms with van der Waals surface area (Å²) >= 11 is 0. The van der Waals surface area contributed by atoms with Crippen molar-refractivity contribution in [2.24, 2.45) is 0 Å². The van der Waals surface area contributed by atoms with Crippen LogP contribution in [0.1, 0.15) is 53.1 Å². The van der Waals surface area contributed by atoms with Gasteiger partial charge in [-0.2, -0.15) is 0 Å². The summed E-state index contributed by atoms with van der Waals surface area (Å²) in [5, 5.41) is 0. The molecule has 1 aliphatic rings. The number of aryl methyl sites for hydroxylation is 1. The van der Waals surface area contributed by atoms with E-state index in [4.69, 9.17) is 4.74 Å². The number of benzene rings is 1. The maximum absolute atomic E-state index is 13.2. The summed E-state index contributed by atoms with van der Waals surface area (Å²) in [6, 6.07) is 10.2. The van der Waals surface area contributed by atoms with Crippen molar-refractivity contribution in [1.29, 1.82) is 0 Å². The summed E-state index contributed by atoms with van der Waals surface area (Å²) in [7, 11) is 1.68. The van der Waals surface area contributed by atoms with E-state index in [9.17, 15) is 4.79 Å². The Balaban J connectivity index is 1.91. The van der Waals surface area contributed by atoms with Crippen LogP contribution in [0.25, 0.3) is 0 Å². The number of rotatable bonds is 4. The monoisotopic (exact) mass is 326 g/mol. The largest absolute Gasteiger partial charge is 0.497 e. The van der Waals surface area contributed by atoms with Crippen molar-refractivity contribution in [3.8, 4) is 5.75 Å². The molecule has 4 nitrogen and oxygen atoms in total. The highest BCUT2D eigenvalue weighted by Crippen LogP contribution is 2.35. The van der Waals surface area contributed by atoms with Gasteiger partial charge in [0.15, 0.2) is 0 Å². The Morgan fingerprint density at radius 1 is 1.29 bits per heavy atom. The molecule has 128 valence electrons. The van der Waals surface area contributed by atoms with E-state index < -0.39 is 0 Å². The second kappa shape index (κ2) is 6.71. The number of carbonyl (C=O) groups excluding carboxylic acids is 1. The van der Waals surface area contributed by atoms with E-state index in [0.29, 0.717) is 0 Å². The fraction of sp³-hybridized carbons (Fsp3) is 0.450. The number of hydrogen-bond donors (Lipinski definition) is 0. The van der Waals surface area contributed by atoms with E-state index in [-0.39, 0.29) is 11.9 Å². The molecule has 0 bridgehead atoms. The third-order valence-electron chi connectivity index (χ3n) is 5.11. The van der Waals surface area contributed by atoms with Gasteiger partial charge in [-0.3, -0.25) is 4.79 Å². The molecular weight excluding hydrogens is 300 g/mol. The lowest BCUT2D eigenvalue weighted by atomic mass is 10.0. The molecule has 1 aromatic carbocycles. The zero-order valence-corrected chi connectivity index (χ0v) is 15.0. The van der Waals surface area contributed by atoms with E-state index in [1.807, 2.05) is 36.1 Å². The molecule has 1 atom stereocenters. The van der Waals surface area contributed by atoms with Crippen LogP contribution in [0.5, 0.6) is 5.75 Å². The van der Waals surface area contributed by atoms with Gasteiger partial charge in [-0.1, -0.05) is 12.1 Å². The first-order valence-electron chi connectivity index (χ1n) is 8.68. The molecule has 0 aliphatic carbocycles. The Morgan fingerprint density at radius 3 is 2.75 bits per heavy atom. The highest BCUT2D eigenvalue weighted by molar-refractivity contribution is 5.96. The van der Waals surface area contributed by atoms with Crippen LogP contribution < -0.4 is 4.74 Å². The Bertz CT molecular complexity index is 748. The van der Waals surface area contributed by atoms with E-state index in [1.165, 1.54) is 0 Å². The van der Waals surface area contributed by atoms with Gasteiger partial charge in [0.25, 0.3) is 5.91 Å². The van der Waals surface area contributed by atoms with Crippen molar-refractivity contribution in [3.63, 3.8) is 0 Å². The Hall–Kier alpha value is -2.23. The second-order valence-corrected chi connectivity index (χ2v) is 6.46. The maximum atomic E-state index is 13.2. The molecule has 1 aromatic heterocycles. The number of nitrogens with zero attached hydrogens (tertiary/aromatic N) is 2. The highest BCUT2D eigenvalue weighted by atomic mass is 16.5. The summed E-state index contributed by atoms with van der Waals surface area (Å²) < 4.78 is 7.54. The van der Waals surface area contributed by atoms with Crippen molar-refractivity contribution in [3.05, 3.63) is 52.8 Å². The third-order valence-corrected chi connectivity index (χ3v) is 5.11. The number of aromatic nitrogens is 1. The average Bonchev–Trinajstić information content (AvgIpc) is 3.19.